The highest BCUT2D eigenvalue weighted by Gasteiger charge is 2.30. The lowest BCUT2D eigenvalue weighted by Crippen LogP contribution is -2.11. The molecule has 0 nitrogen and oxygen atoms in total. The quantitative estimate of drug-likeness (QED) is 0.595. The van der Waals surface area contributed by atoms with E-state index in [1.807, 2.05) is 0 Å². The third-order valence-electron chi connectivity index (χ3n) is 3.85. The van der Waals surface area contributed by atoms with Crippen LogP contribution in [0.4, 0.5) is 0 Å². The second kappa shape index (κ2) is 4.78. The molecular formula is C12H22P. The van der Waals surface area contributed by atoms with E-state index in [0.29, 0.717) is 7.92 Å². The Morgan fingerprint density at radius 1 is 0.846 bits per heavy atom. The maximum Gasteiger partial charge on any atom is -0.0207 e. The van der Waals surface area contributed by atoms with E-state index in [2.05, 4.69) is 6.92 Å². The highest BCUT2D eigenvalue weighted by molar-refractivity contribution is 7.59. The molecule has 2 aliphatic rings. The van der Waals surface area contributed by atoms with Crippen LogP contribution in [0.3, 0.4) is 0 Å². The van der Waals surface area contributed by atoms with Crippen molar-refractivity contribution in [2.24, 2.45) is 0 Å². The molecule has 0 saturated heterocycles. The van der Waals surface area contributed by atoms with Gasteiger partial charge in [0.15, 0.2) is 0 Å². The van der Waals surface area contributed by atoms with Gasteiger partial charge < -0.3 is 0 Å². The van der Waals surface area contributed by atoms with Crippen LogP contribution in [0.15, 0.2) is 0 Å². The molecule has 75 valence electrons. The Kier molecular flexibility index (Phi) is 3.66. The van der Waals surface area contributed by atoms with Crippen molar-refractivity contribution in [2.75, 3.05) is 6.16 Å². The van der Waals surface area contributed by atoms with Crippen molar-refractivity contribution >= 4 is 7.92 Å². The molecule has 0 N–H and O–H groups in total. The van der Waals surface area contributed by atoms with Gasteiger partial charge in [-0.3, -0.25) is 0 Å². The first-order valence-electron chi connectivity index (χ1n) is 5.97. The summed E-state index contributed by atoms with van der Waals surface area (Å²) in [4.78, 5) is 0. The van der Waals surface area contributed by atoms with Gasteiger partial charge in [-0.2, -0.15) is 0 Å². The van der Waals surface area contributed by atoms with Crippen LogP contribution in [0, 0.1) is 6.92 Å². The van der Waals surface area contributed by atoms with E-state index in [0.717, 1.165) is 11.3 Å². The van der Waals surface area contributed by atoms with Gasteiger partial charge in [0.1, 0.15) is 0 Å². The predicted octanol–water partition coefficient (Wildman–Crippen LogP) is 4.19. The molecule has 2 rings (SSSR count). The van der Waals surface area contributed by atoms with Crippen molar-refractivity contribution in [3.05, 3.63) is 6.92 Å². The van der Waals surface area contributed by atoms with Crippen LogP contribution in [-0.4, -0.2) is 17.5 Å². The van der Waals surface area contributed by atoms with Crippen molar-refractivity contribution in [2.45, 2.75) is 62.7 Å². The fraction of sp³-hybridized carbons (Fsp3) is 0.917. The lowest BCUT2D eigenvalue weighted by atomic mass is 10.4. The minimum atomic E-state index is 0.328. The van der Waals surface area contributed by atoms with Crippen LogP contribution in [-0.2, 0) is 0 Å². The Morgan fingerprint density at radius 3 is 1.54 bits per heavy atom. The SMILES string of the molecule is [CH2]CP(C1CCCC1)C1CCCC1. The lowest BCUT2D eigenvalue weighted by Gasteiger charge is -2.28. The molecule has 0 atom stereocenters. The maximum absolute atomic E-state index is 4.20. The van der Waals surface area contributed by atoms with E-state index >= 15 is 0 Å². The van der Waals surface area contributed by atoms with Crippen LogP contribution in [0.1, 0.15) is 51.4 Å². The van der Waals surface area contributed by atoms with Gasteiger partial charge in [-0.15, -0.1) is 7.92 Å². The van der Waals surface area contributed by atoms with Gasteiger partial charge in [0, 0.05) is 0 Å². The van der Waals surface area contributed by atoms with Crippen LogP contribution < -0.4 is 0 Å². The lowest BCUT2D eigenvalue weighted by molar-refractivity contribution is 0.828. The van der Waals surface area contributed by atoms with Gasteiger partial charge >= 0.3 is 0 Å². The van der Waals surface area contributed by atoms with Crippen molar-refractivity contribution in [1.29, 1.82) is 0 Å². The van der Waals surface area contributed by atoms with Gasteiger partial charge in [-0.25, -0.2) is 0 Å². The van der Waals surface area contributed by atoms with Crippen LogP contribution in [0.2, 0.25) is 0 Å². The molecule has 0 spiro atoms. The molecule has 0 aromatic carbocycles. The van der Waals surface area contributed by atoms with E-state index in [9.17, 15) is 0 Å². The standard InChI is InChI=1S/C12H22P/c1-2-13(11-7-3-4-8-11)12-9-5-6-10-12/h11-12H,1-10H2. The van der Waals surface area contributed by atoms with Crippen LogP contribution in [0.5, 0.6) is 0 Å². The van der Waals surface area contributed by atoms with Crippen molar-refractivity contribution < 1.29 is 0 Å². The van der Waals surface area contributed by atoms with E-state index < -0.39 is 0 Å². The van der Waals surface area contributed by atoms with Crippen molar-refractivity contribution in [3.63, 3.8) is 0 Å². The predicted molar refractivity (Wildman–Crippen MR) is 61.7 cm³/mol. The van der Waals surface area contributed by atoms with Crippen molar-refractivity contribution in [1.82, 2.24) is 0 Å². The highest BCUT2D eigenvalue weighted by atomic mass is 31.1. The third kappa shape index (κ3) is 2.27. The smallest absolute Gasteiger partial charge is 0.0207 e. The minimum Gasteiger partial charge on any atom is -0.100 e. The van der Waals surface area contributed by atoms with Gasteiger partial charge in [-0.05, 0) is 50.1 Å². The normalized spacial score (nSPS) is 26.3. The van der Waals surface area contributed by atoms with E-state index in [1.165, 1.54) is 57.5 Å². The molecule has 0 amide bonds. The molecule has 0 aliphatic heterocycles. The van der Waals surface area contributed by atoms with Crippen molar-refractivity contribution in [3.8, 4) is 0 Å². The molecule has 1 radical (unpaired) electrons. The molecule has 2 aliphatic carbocycles. The number of rotatable bonds is 3. The Bertz CT molecular complexity index is 127. The average Bonchev–Trinajstić information content (AvgIpc) is 2.76. The Morgan fingerprint density at radius 2 is 1.23 bits per heavy atom. The number of hydrogen-bond acceptors (Lipinski definition) is 0. The van der Waals surface area contributed by atoms with Gasteiger partial charge in [0.2, 0.25) is 0 Å². The Labute approximate surface area is 84.2 Å². The fourth-order valence-corrected chi connectivity index (χ4v) is 6.52. The average molecular weight is 197 g/mol. The van der Waals surface area contributed by atoms with E-state index in [4.69, 9.17) is 0 Å². The summed E-state index contributed by atoms with van der Waals surface area (Å²) in [5.41, 5.74) is 2.24. The maximum atomic E-state index is 4.20. The molecule has 0 heterocycles. The molecule has 2 saturated carbocycles. The first-order valence-corrected chi connectivity index (χ1v) is 7.63. The summed E-state index contributed by atoms with van der Waals surface area (Å²) < 4.78 is 0. The second-order valence-corrected chi connectivity index (χ2v) is 7.55. The zero-order valence-electron chi connectivity index (χ0n) is 8.67. The van der Waals surface area contributed by atoms with Crippen LogP contribution >= 0.6 is 7.92 Å². The molecular weight excluding hydrogens is 175 g/mol. The Balaban J connectivity index is 1.90. The summed E-state index contributed by atoms with van der Waals surface area (Å²) in [6, 6.07) is 0. The van der Waals surface area contributed by atoms with Gasteiger partial charge in [-0.1, -0.05) is 25.7 Å². The van der Waals surface area contributed by atoms with Gasteiger partial charge in [0.25, 0.3) is 0 Å². The fourth-order valence-electron chi connectivity index (χ4n) is 3.14. The molecule has 1 heteroatoms. The summed E-state index contributed by atoms with van der Waals surface area (Å²) in [6.45, 7) is 4.20. The highest BCUT2D eigenvalue weighted by Crippen LogP contribution is 2.56. The summed E-state index contributed by atoms with van der Waals surface area (Å²) in [5.74, 6) is 0. The molecule has 0 aromatic rings. The molecule has 0 unspecified atom stereocenters. The third-order valence-corrected chi connectivity index (χ3v) is 7.27. The van der Waals surface area contributed by atoms with Crippen LogP contribution in [0.25, 0.3) is 0 Å². The summed E-state index contributed by atoms with van der Waals surface area (Å²) in [5, 5.41) is 0. The molecule has 0 bridgehead atoms. The summed E-state index contributed by atoms with van der Waals surface area (Å²) in [7, 11) is 0.328. The Hall–Kier alpha value is 0.430. The topological polar surface area (TPSA) is 0 Å². The van der Waals surface area contributed by atoms with E-state index in [-0.39, 0.29) is 0 Å². The zero-order chi connectivity index (χ0) is 9.10. The summed E-state index contributed by atoms with van der Waals surface area (Å²) >= 11 is 0. The largest absolute Gasteiger partial charge is 0.100 e. The molecule has 2 fully saturated rings. The second-order valence-electron chi connectivity index (χ2n) is 4.61. The molecule has 13 heavy (non-hydrogen) atoms. The molecule has 0 aromatic heterocycles. The minimum absolute atomic E-state index is 0.328. The first-order chi connectivity index (χ1) is 6.42. The van der Waals surface area contributed by atoms with E-state index in [1.54, 1.807) is 0 Å². The number of hydrogen-bond donors (Lipinski definition) is 0. The zero-order valence-corrected chi connectivity index (χ0v) is 9.57. The summed E-state index contributed by atoms with van der Waals surface area (Å²) in [6.07, 6.45) is 13.5. The first kappa shape index (κ1) is 9.97. The van der Waals surface area contributed by atoms with Gasteiger partial charge in [0.05, 0.1) is 0 Å². The monoisotopic (exact) mass is 197 g/mol.